The molecular weight excluding hydrogens is 508 g/mol. The molecule has 41 heavy (non-hydrogen) atoms. The van der Waals surface area contributed by atoms with Gasteiger partial charge in [0.15, 0.2) is 0 Å². The molecule has 1 heterocycles. The van der Waals surface area contributed by atoms with Crippen LogP contribution in [0.25, 0.3) is 0 Å². The molecule has 0 aromatic heterocycles. The molecule has 218 valence electrons. The average molecular weight is 555 g/mol. The van der Waals surface area contributed by atoms with Gasteiger partial charge in [0.05, 0.1) is 6.04 Å². The molecule has 6 nitrogen and oxygen atoms in total. The number of urea groups is 1. The molecule has 2 aromatic rings. The van der Waals surface area contributed by atoms with Crippen molar-refractivity contribution in [3.05, 3.63) is 96.1 Å². The van der Waals surface area contributed by atoms with Gasteiger partial charge in [-0.25, -0.2) is 4.79 Å². The minimum Gasteiger partial charge on any atom is -0.339 e. The fraction of sp³-hybridized carbons (Fsp3) is 0.486. The van der Waals surface area contributed by atoms with E-state index in [9.17, 15) is 9.59 Å². The van der Waals surface area contributed by atoms with Crippen molar-refractivity contribution in [2.45, 2.75) is 69.5 Å². The highest BCUT2D eigenvalue weighted by atomic mass is 16.2. The van der Waals surface area contributed by atoms with Crippen LogP contribution in [0, 0.1) is 5.92 Å². The number of benzene rings is 2. The van der Waals surface area contributed by atoms with E-state index >= 15 is 0 Å². The molecule has 6 heteroatoms. The van der Waals surface area contributed by atoms with Crippen LogP contribution in [0.4, 0.5) is 4.79 Å². The van der Waals surface area contributed by atoms with Crippen LogP contribution in [-0.4, -0.2) is 78.0 Å². The molecule has 3 unspecified atom stereocenters. The van der Waals surface area contributed by atoms with E-state index in [2.05, 4.69) is 64.5 Å². The summed E-state index contributed by atoms with van der Waals surface area (Å²) in [6.45, 7) is 6.00. The van der Waals surface area contributed by atoms with E-state index in [1.54, 1.807) is 0 Å². The summed E-state index contributed by atoms with van der Waals surface area (Å²) < 4.78 is 0. The topological polar surface area (TPSA) is 55.9 Å². The second kappa shape index (κ2) is 14.0. The van der Waals surface area contributed by atoms with Gasteiger partial charge in [0.1, 0.15) is 0 Å². The van der Waals surface area contributed by atoms with Crippen molar-refractivity contribution in [1.82, 2.24) is 20.0 Å². The Labute approximate surface area is 246 Å². The monoisotopic (exact) mass is 554 g/mol. The lowest BCUT2D eigenvalue weighted by Gasteiger charge is -2.40. The lowest BCUT2D eigenvalue weighted by atomic mass is 9.88. The quantitative estimate of drug-likeness (QED) is 0.408. The van der Waals surface area contributed by atoms with Crippen molar-refractivity contribution in [1.29, 1.82) is 0 Å². The van der Waals surface area contributed by atoms with Gasteiger partial charge < -0.3 is 20.0 Å². The Morgan fingerprint density at radius 2 is 1.63 bits per heavy atom. The molecule has 2 fully saturated rings. The third-order valence-corrected chi connectivity index (χ3v) is 9.29. The standard InChI is InChI=1S/C35H46N4O2/c1-3-21-39(35(41)36-30-17-11-6-12-18-30)31-19-22-38(23-20-31)26-29-24-32(25-33(29)27-13-7-4-8-14-27)37(2)34(40)28-15-9-5-10-16-28/h4-17,29-33H,3,18-26H2,1-2H3,(H,36,41)/t29-,30?,32?,33?/m1/s1. The molecule has 1 saturated carbocycles. The molecule has 1 N–H and O–H groups in total. The van der Waals surface area contributed by atoms with Crippen LogP contribution in [-0.2, 0) is 0 Å². The number of allylic oxidation sites excluding steroid dienone is 2. The van der Waals surface area contributed by atoms with Crippen LogP contribution < -0.4 is 5.32 Å². The highest BCUT2D eigenvalue weighted by molar-refractivity contribution is 5.94. The molecule has 3 aliphatic rings. The minimum atomic E-state index is 0.0733. The Morgan fingerprint density at radius 1 is 0.927 bits per heavy atom. The first-order valence-corrected chi connectivity index (χ1v) is 15.5. The summed E-state index contributed by atoms with van der Waals surface area (Å²) in [5.41, 5.74) is 2.14. The second-order valence-electron chi connectivity index (χ2n) is 12.0. The summed E-state index contributed by atoms with van der Waals surface area (Å²) >= 11 is 0. The summed E-state index contributed by atoms with van der Waals surface area (Å²) in [5.74, 6) is 1.04. The van der Waals surface area contributed by atoms with Crippen LogP contribution in [0.15, 0.2) is 85.0 Å². The van der Waals surface area contributed by atoms with E-state index in [1.807, 2.05) is 54.4 Å². The highest BCUT2D eigenvalue weighted by Crippen LogP contribution is 2.42. The third-order valence-electron chi connectivity index (χ3n) is 9.29. The van der Waals surface area contributed by atoms with Crippen molar-refractivity contribution in [3.8, 4) is 0 Å². The zero-order valence-corrected chi connectivity index (χ0v) is 24.7. The van der Waals surface area contributed by atoms with Crippen molar-refractivity contribution >= 4 is 11.9 Å². The summed E-state index contributed by atoms with van der Waals surface area (Å²) in [7, 11) is 1.97. The van der Waals surface area contributed by atoms with Gasteiger partial charge in [-0.2, -0.15) is 0 Å². The fourth-order valence-corrected chi connectivity index (χ4v) is 7.04. The predicted molar refractivity (Wildman–Crippen MR) is 166 cm³/mol. The third kappa shape index (κ3) is 7.28. The van der Waals surface area contributed by atoms with E-state index in [0.29, 0.717) is 11.8 Å². The number of rotatable bonds is 9. The maximum Gasteiger partial charge on any atom is 0.318 e. The van der Waals surface area contributed by atoms with Crippen LogP contribution in [0.2, 0.25) is 0 Å². The van der Waals surface area contributed by atoms with Crippen LogP contribution >= 0.6 is 0 Å². The van der Waals surface area contributed by atoms with Gasteiger partial charge in [-0.05, 0) is 68.1 Å². The number of piperidine rings is 1. The Balaban J connectivity index is 1.21. The maximum atomic E-state index is 13.3. The number of amides is 3. The van der Waals surface area contributed by atoms with E-state index in [-0.39, 0.29) is 30.1 Å². The molecule has 0 spiro atoms. The van der Waals surface area contributed by atoms with E-state index in [0.717, 1.165) is 70.3 Å². The van der Waals surface area contributed by atoms with Gasteiger partial charge in [-0.1, -0.05) is 79.8 Å². The summed E-state index contributed by atoms with van der Waals surface area (Å²) in [6, 6.07) is 21.2. The predicted octanol–water partition coefficient (Wildman–Crippen LogP) is 6.09. The Kier molecular flexibility index (Phi) is 9.94. The number of hydrogen-bond donors (Lipinski definition) is 1. The van der Waals surface area contributed by atoms with E-state index < -0.39 is 0 Å². The molecular formula is C35H46N4O2. The van der Waals surface area contributed by atoms with E-state index in [1.165, 1.54) is 5.56 Å². The molecule has 2 aromatic carbocycles. The highest BCUT2D eigenvalue weighted by Gasteiger charge is 2.40. The molecule has 1 saturated heterocycles. The van der Waals surface area contributed by atoms with Gasteiger partial charge in [0, 0.05) is 50.9 Å². The normalized spacial score (nSPS) is 24.7. The molecule has 2 aliphatic carbocycles. The molecule has 3 amide bonds. The zero-order valence-electron chi connectivity index (χ0n) is 24.7. The average Bonchev–Trinajstić information content (AvgIpc) is 3.44. The number of nitrogens with one attached hydrogen (secondary N) is 1. The first kappa shape index (κ1) is 29.1. The summed E-state index contributed by atoms with van der Waals surface area (Å²) in [4.78, 5) is 33.2. The second-order valence-corrected chi connectivity index (χ2v) is 12.0. The van der Waals surface area contributed by atoms with Crippen LogP contribution in [0.5, 0.6) is 0 Å². The first-order valence-electron chi connectivity index (χ1n) is 15.5. The minimum absolute atomic E-state index is 0.0733. The lowest BCUT2D eigenvalue weighted by Crippen LogP contribution is -2.53. The number of carbonyl (C=O) groups excluding carboxylic acids is 2. The van der Waals surface area contributed by atoms with Gasteiger partial charge in [-0.15, -0.1) is 0 Å². The Hall–Kier alpha value is -3.38. The number of carbonyl (C=O) groups is 2. The van der Waals surface area contributed by atoms with Crippen LogP contribution in [0.1, 0.15) is 67.3 Å². The van der Waals surface area contributed by atoms with Crippen LogP contribution in [0.3, 0.4) is 0 Å². The van der Waals surface area contributed by atoms with Crippen molar-refractivity contribution in [3.63, 3.8) is 0 Å². The largest absolute Gasteiger partial charge is 0.339 e. The van der Waals surface area contributed by atoms with Crippen molar-refractivity contribution in [2.24, 2.45) is 5.92 Å². The Bertz CT molecular complexity index is 1190. The lowest BCUT2D eigenvalue weighted by molar-refractivity contribution is 0.0726. The molecule has 1 aliphatic heterocycles. The SMILES string of the molecule is CCCN(C(=O)NC1C=CC=CC1)C1CCN(C[C@H]2CC(N(C)C(=O)c3ccccc3)CC2c2ccccc2)CC1. The zero-order chi connectivity index (χ0) is 28.6. The summed E-state index contributed by atoms with van der Waals surface area (Å²) in [5, 5.41) is 3.23. The molecule has 4 atom stereocenters. The summed E-state index contributed by atoms with van der Waals surface area (Å²) in [6.07, 6.45) is 14.1. The number of nitrogens with zero attached hydrogens (tertiary/aromatic N) is 3. The van der Waals surface area contributed by atoms with Gasteiger partial charge >= 0.3 is 6.03 Å². The molecule has 0 bridgehead atoms. The first-order chi connectivity index (χ1) is 20.0. The smallest absolute Gasteiger partial charge is 0.318 e. The molecule has 5 rings (SSSR count). The van der Waals surface area contributed by atoms with Gasteiger partial charge in [0.25, 0.3) is 5.91 Å². The van der Waals surface area contributed by atoms with Gasteiger partial charge in [0.2, 0.25) is 0 Å². The van der Waals surface area contributed by atoms with E-state index in [4.69, 9.17) is 0 Å². The number of likely N-dealkylation sites (tertiary alicyclic amines) is 1. The van der Waals surface area contributed by atoms with Gasteiger partial charge in [-0.3, -0.25) is 4.79 Å². The van der Waals surface area contributed by atoms with Crippen molar-refractivity contribution in [2.75, 3.05) is 33.2 Å². The maximum absolute atomic E-state index is 13.3. The van der Waals surface area contributed by atoms with Crippen molar-refractivity contribution < 1.29 is 9.59 Å². The molecule has 0 radical (unpaired) electrons. The fourth-order valence-electron chi connectivity index (χ4n) is 7.04. The number of hydrogen-bond acceptors (Lipinski definition) is 3. The Morgan fingerprint density at radius 3 is 2.29 bits per heavy atom.